The van der Waals surface area contributed by atoms with Crippen LogP contribution in [0.15, 0.2) is 22.7 Å². The van der Waals surface area contributed by atoms with E-state index in [1.807, 2.05) is 39.0 Å². The molecule has 0 aliphatic carbocycles. The second-order valence-corrected chi connectivity index (χ2v) is 8.66. The lowest BCUT2D eigenvalue weighted by molar-refractivity contribution is 0.0139. The van der Waals surface area contributed by atoms with Gasteiger partial charge in [0.15, 0.2) is 0 Å². The van der Waals surface area contributed by atoms with Gasteiger partial charge in [-0.1, -0.05) is 22.0 Å². The number of hydrogen-bond acceptors (Lipinski definition) is 4. The van der Waals surface area contributed by atoms with Gasteiger partial charge in [0.2, 0.25) is 0 Å². The Morgan fingerprint density at radius 1 is 1.15 bits per heavy atom. The fourth-order valence-corrected chi connectivity index (χ4v) is 3.14. The quantitative estimate of drug-likeness (QED) is 0.745. The van der Waals surface area contributed by atoms with Gasteiger partial charge in [-0.15, -0.1) is 0 Å². The zero-order chi connectivity index (χ0) is 19.5. The smallest absolute Gasteiger partial charge is 0.410 e. The standard InChI is InChI=1S/C19H28BrN3O3/c1-19(2,3)26-18(25)23-10-8-22(9-11-23)13-14-6-7-15(20)12-16(14)17(24)21(4)5/h6-7,12H,8-11,13H2,1-5H3. The highest BCUT2D eigenvalue weighted by Crippen LogP contribution is 2.20. The average molecular weight is 426 g/mol. The number of piperazine rings is 1. The largest absolute Gasteiger partial charge is 0.444 e. The molecule has 0 atom stereocenters. The second kappa shape index (κ2) is 8.39. The fourth-order valence-electron chi connectivity index (χ4n) is 2.78. The van der Waals surface area contributed by atoms with Crippen molar-refractivity contribution in [2.45, 2.75) is 32.9 Å². The summed E-state index contributed by atoms with van der Waals surface area (Å²) in [6, 6.07) is 5.81. The van der Waals surface area contributed by atoms with Crippen molar-refractivity contribution in [1.29, 1.82) is 0 Å². The van der Waals surface area contributed by atoms with Crippen molar-refractivity contribution in [2.24, 2.45) is 0 Å². The Morgan fingerprint density at radius 3 is 2.31 bits per heavy atom. The molecule has 1 aromatic carbocycles. The minimum atomic E-state index is -0.479. The summed E-state index contributed by atoms with van der Waals surface area (Å²) in [6.07, 6.45) is -0.260. The van der Waals surface area contributed by atoms with Crippen LogP contribution in [0.4, 0.5) is 4.79 Å². The molecule has 1 aliphatic rings. The van der Waals surface area contributed by atoms with Gasteiger partial charge < -0.3 is 14.5 Å². The van der Waals surface area contributed by atoms with E-state index in [4.69, 9.17) is 4.74 Å². The molecule has 0 unspecified atom stereocenters. The predicted molar refractivity (Wildman–Crippen MR) is 105 cm³/mol. The first-order valence-electron chi connectivity index (χ1n) is 8.77. The van der Waals surface area contributed by atoms with Crippen LogP contribution in [0, 0.1) is 0 Å². The van der Waals surface area contributed by atoms with Gasteiger partial charge in [-0.2, -0.15) is 0 Å². The predicted octanol–water partition coefficient (Wildman–Crippen LogP) is 3.20. The third kappa shape index (κ3) is 5.71. The number of ether oxygens (including phenoxy) is 1. The van der Waals surface area contributed by atoms with Crippen LogP contribution in [0.5, 0.6) is 0 Å². The Bertz CT molecular complexity index is 662. The van der Waals surface area contributed by atoms with Crippen LogP contribution in [-0.4, -0.2) is 72.6 Å². The molecule has 1 fully saturated rings. The second-order valence-electron chi connectivity index (χ2n) is 7.74. The van der Waals surface area contributed by atoms with Gasteiger partial charge in [-0.05, 0) is 38.5 Å². The zero-order valence-electron chi connectivity index (χ0n) is 16.2. The Balaban J connectivity index is 2.00. The first-order valence-corrected chi connectivity index (χ1v) is 9.56. The maximum atomic E-state index is 12.5. The molecule has 0 saturated carbocycles. The van der Waals surface area contributed by atoms with E-state index < -0.39 is 5.60 Å². The van der Waals surface area contributed by atoms with E-state index in [0.29, 0.717) is 25.2 Å². The first-order chi connectivity index (χ1) is 12.1. The van der Waals surface area contributed by atoms with E-state index in [0.717, 1.165) is 23.1 Å². The molecule has 2 rings (SSSR count). The molecule has 0 aromatic heterocycles. The number of carbonyl (C=O) groups excluding carboxylic acids is 2. The summed E-state index contributed by atoms with van der Waals surface area (Å²) >= 11 is 3.44. The Hall–Kier alpha value is -1.60. The highest BCUT2D eigenvalue weighted by Gasteiger charge is 2.26. The average Bonchev–Trinajstić information content (AvgIpc) is 2.54. The number of carbonyl (C=O) groups is 2. The molecule has 0 bridgehead atoms. The zero-order valence-corrected chi connectivity index (χ0v) is 17.8. The van der Waals surface area contributed by atoms with E-state index in [2.05, 4.69) is 20.8 Å². The number of nitrogens with zero attached hydrogens (tertiary/aromatic N) is 3. The summed E-state index contributed by atoms with van der Waals surface area (Å²) < 4.78 is 6.32. The Kier molecular flexibility index (Phi) is 6.69. The van der Waals surface area contributed by atoms with Gasteiger partial charge in [-0.25, -0.2) is 4.79 Å². The third-order valence-corrected chi connectivity index (χ3v) is 4.62. The molecule has 0 radical (unpaired) electrons. The van der Waals surface area contributed by atoms with Crippen LogP contribution >= 0.6 is 15.9 Å². The number of halogens is 1. The molecule has 0 N–H and O–H groups in total. The molecule has 2 amide bonds. The van der Waals surface area contributed by atoms with Crippen molar-refractivity contribution < 1.29 is 14.3 Å². The molecule has 1 aromatic rings. The SMILES string of the molecule is CN(C)C(=O)c1cc(Br)ccc1CN1CCN(C(=O)OC(C)(C)C)CC1. The van der Waals surface area contributed by atoms with Gasteiger partial charge in [-0.3, -0.25) is 9.69 Å². The molecular formula is C19H28BrN3O3. The Morgan fingerprint density at radius 2 is 1.77 bits per heavy atom. The highest BCUT2D eigenvalue weighted by molar-refractivity contribution is 9.10. The minimum absolute atomic E-state index is 0.00584. The molecular weight excluding hydrogens is 398 g/mol. The van der Waals surface area contributed by atoms with Crippen molar-refractivity contribution in [3.8, 4) is 0 Å². The molecule has 1 saturated heterocycles. The van der Waals surface area contributed by atoms with E-state index in [1.165, 1.54) is 0 Å². The van der Waals surface area contributed by atoms with Crippen molar-refractivity contribution in [3.63, 3.8) is 0 Å². The van der Waals surface area contributed by atoms with E-state index in [1.54, 1.807) is 23.9 Å². The minimum Gasteiger partial charge on any atom is -0.444 e. The van der Waals surface area contributed by atoms with Gasteiger partial charge in [0.1, 0.15) is 5.60 Å². The lowest BCUT2D eigenvalue weighted by atomic mass is 10.1. The molecule has 1 aliphatic heterocycles. The normalized spacial score (nSPS) is 15.7. The third-order valence-electron chi connectivity index (χ3n) is 4.13. The topological polar surface area (TPSA) is 53.1 Å². The van der Waals surface area contributed by atoms with E-state index >= 15 is 0 Å². The number of rotatable bonds is 3. The molecule has 26 heavy (non-hydrogen) atoms. The van der Waals surface area contributed by atoms with Gasteiger partial charge in [0, 0.05) is 56.9 Å². The van der Waals surface area contributed by atoms with Crippen LogP contribution in [-0.2, 0) is 11.3 Å². The van der Waals surface area contributed by atoms with Gasteiger partial charge in [0.25, 0.3) is 5.91 Å². The number of hydrogen-bond donors (Lipinski definition) is 0. The van der Waals surface area contributed by atoms with E-state index in [9.17, 15) is 9.59 Å². The van der Waals surface area contributed by atoms with Gasteiger partial charge in [0.05, 0.1) is 0 Å². The number of benzene rings is 1. The van der Waals surface area contributed by atoms with Crippen molar-refractivity contribution in [1.82, 2.24) is 14.7 Å². The van der Waals surface area contributed by atoms with Crippen molar-refractivity contribution >= 4 is 27.9 Å². The summed E-state index contributed by atoms with van der Waals surface area (Å²) in [5.41, 5.74) is 1.23. The van der Waals surface area contributed by atoms with Crippen LogP contribution in [0.2, 0.25) is 0 Å². The lowest BCUT2D eigenvalue weighted by Gasteiger charge is -2.35. The molecule has 7 heteroatoms. The van der Waals surface area contributed by atoms with Crippen molar-refractivity contribution in [2.75, 3.05) is 40.3 Å². The van der Waals surface area contributed by atoms with Crippen LogP contribution in [0.3, 0.4) is 0 Å². The van der Waals surface area contributed by atoms with Crippen LogP contribution in [0.1, 0.15) is 36.7 Å². The van der Waals surface area contributed by atoms with Crippen LogP contribution < -0.4 is 0 Å². The fraction of sp³-hybridized carbons (Fsp3) is 0.579. The molecule has 1 heterocycles. The van der Waals surface area contributed by atoms with Gasteiger partial charge >= 0.3 is 6.09 Å². The molecule has 144 valence electrons. The van der Waals surface area contributed by atoms with Crippen LogP contribution in [0.25, 0.3) is 0 Å². The summed E-state index contributed by atoms with van der Waals surface area (Å²) in [7, 11) is 3.51. The molecule has 0 spiro atoms. The summed E-state index contributed by atoms with van der Waals surface area (Å²) in [5, 5.41) is 0. The first kappa shape index (κ1) is 20.7. The maximum absolute atomic E-state index is 12.5. The van der Waals surface area contributed by atoms with E-state index in [-0.39, 0.29) is 12.0 Å². The Labute approximate surface area is 164 Å². The lowest BCUT2D eigenvalue weighted by Crippen LogP contribution is -2.49. The summed E-state index contributed by atoms with van der Waals surface area (Å²) in [6.45, 7) is 9.07. The summed E-state index contributed by atoms with van der Waals surface area (Å²) in [5.74, 6) is -0.00584. The number of amides is 2. The maximum Gasteiger partial charge on any atom is 0.410 e. The van der Waals surface area contributed by atoms with Crippen molar-refractivity contribution in [3.05, 3.63) is 33.8 Å². The highest BCUT2D eigenvalue weighted by atomic mass is 79.9. The molecule has 6 nitrogen and oxygen atoms in total. The summed E-state index contributed by atoms with van der Waals surface area (Å²) in [4.78, 5) is 30.2. The monoisotopic (exact) mass is 425 g/mol.